The van der Waals surface area contributed by atoms with E-state index in [4.69, 9.17) is 14.2 Å². The van der Waals surface area contributed by atoms with Crippen LogP contribution in [0.25, 0.3) is 10.9 Å². The fraction of sp³-hybridized carbons (Fsp3) is 0.440. The maximum atomic E-state index is 14.0. The van der Waals surface area contributed by atoms with Crippen molar-refractivity contribution in [2.45, 2.75) is 24.4 Å². The Morgan fingerprint density at radius 1 is 0.800 bits per heavy atom. The molecule has 1 aliphatic heterocycles. The summed E-state index contributed by atoms with van der Waals surface area (Å²) in [5.74, 6) is 1.98. The van der Waals surface area contributed by atoms with Gasteiger partial charge in [0.15, 0.2) is 11.5 Å². The Labute approximate surface area is 201 Å². The van der Waals surface area contributed by atoms with Gasteiger partial charge in [0.05, 0.1) is 32.5 Å². The summed E-state index contributed by atoms with van der Waals surface area (Å²) in [6.07, 6.45) is -4.41. The minimum Gasteiger partial charge on any atom is -0.495 e. The molecular weight excluding hydrogens is 461 g/mol. The van der Waals surface area contributed by atoms with E-state index in [0.29, 0.717) is 54.4 Å². The predicted octanol–water partition coefficient (Wildman–Crippen LogP) is 4.58. The summed E-state index contributed by atoms with van der Waals surface area (Å²) in [7, 11) is 4.65. The topological polar surface area (TPSA) is 60.0 Å². The van der Waals surface area contributed by atoms with Crippen LogP contribution < -0.4 is 24.0 Å². The van der Waals surface area contributed by atoms with Crippen LogP contribution in [0.1, 0.15) is 18.7 Å². The van der Waals surface area contributed by atoms with Gasteiger partial charge in [-0.2, -0.15) is 13.2 Å². The van der Waals surface area contributed by atoms with Crippen molar-refractivity contribution in [2.75, 3.05) is 57.3 Å². The van der Waals surface area contributed by atoms with Crippen LogP contribution in [0.15, 0.2) is 36.4 Å². The molecule has 1 saturated heterocycles. The van der Waals surface area contributed by atoms with Gasteiger partial charge in [-0.1, -0.05) is 12.1 Å². The van der Waals surface area contributed by atoms with Gasteiger partial charge in [0.2, 0.25) is 0 Å². The van der Waals surface area contributed by atoms with E-state index in [-0.39, 0.29) is 18.7 Å². The molecule has 2 aliphatic rings. The van der Waals surface area contributed by atoms with E-state index in [0.717, 1.165) is 11.4 Å². The summed E-state index contributed by atoms with van der Waals surface area (Å²) in [5.41, 5.74) is -0.587. The number of hydrogen-bond donors (Lipinski definition) is 0. The average molecular weight is 489 g/mol. The highest BCUT2D eigenvalue weighted by Gasteiger charge is 2.66. The van der Waals surface area contributed by atoms with Crippen molar-refractivity contribution in [1.29, 1.82) is 0 Å². The molecule has 1 saturated carbocycles. The molecule has 3 aromatic rings. The summed E-state index contributed by atoms with van der Waals surface area (Å²) in [6.45, 7) is 2.49. The number of piperazine rings is 1. The molecule has 186 valence electrons. The second kappa shape index (κ2) is 8.66. The van der Waals surface area contributed by atoms with Gasteiger partial charge in [0.25, 0.3) is 0 Å². The number of para-hydroxylation sites is 2. The summed E-state index contributed by atoms with van der Waals surface area (Å²) in [5, 5.41) is 0.634. The summed E-state index contributed by atoms with van der Waals surface area (Å²) < 4.78 is 58.3. The van der Waals surface area contributed by atoms with Crippen molar-refractivity contribution in [3.05, 3.63) is 42.2 Å². The van der Waals surface area contributed by atoms with E-state index < -0.39 is 11.6 Å². The van der Waals surface area contributed by atoms with Gasteiger partial charge in [0.1, 0.15) is 22.8 Å². The minimum absolute atomic E-state index is 0.00365. The van der Waals surface area contributed by atoms with Crippen LogP contribution in [0.4, 0.5) is 24.7 Å². The molecule has 7 nitrogen and oxygen atoms in total. The molecule has 0 atom stereocenters. The van der Waals surface area contributed by atoms with Crippen molar-refractivity contribution < 1.29 is 27.4 Å². The summed E-state index contributed by atoms with van der Waals surface area (Å²) >= 11 is 0. The zero-order valence-corrected chi connectivity index (χ0v) is 19.9. The zero-order chi connectivity index (χ0) is 24.8. The molecule has 5 rings (SSSR count). The molecule has 2 heterocycles. The van der Waals surface area contributed by atoms with Crippen LogP contribution in [0.3, 0.4) is 0 Å². The van der Waals surface area contributed by atoms with E-state index in [1.165, 1.54) is 14.2 Å². The monoisotopic (exact) mass is 488 g/mol. The number of ether oxygens (including phenoxy) is 3. The number of halogens is 3. The molecule has 0 unspecified atom stereocenters. The summed E-state index contributed by atoms with van der Waals surface area (Å²) in [4.78, 5) is 13.2. The molecule has 1 aromatic heterocycles. The maximum Gasteiger partial charge on any atom is 0.401 e. The maximum absolute atomic E-state index is 14.0. The molecule has 0 spiro atoms. The highest BCUT2D eigenvalue weighted by atomic mass is 19.4. The fourth-order valence-electron chi connectivity index (χ4n) is 4.70. The second-order valence-corrected chi connectivity index (χ2v) is 8.82. The third-order valence-corrected chi connectivity index (χ3v) is 6.91. The SMILES string of the molecule is COc1cc2nc(C3(C(F)(F)F)CC3)nc(N3CCN(c4ccccc4OC)CC3)c2cc1OC. The lowest BCUT2D eigenvalue weighted by Crippen LogP contribution is -2.47. The molecule has 2 fully saturated rings. The zero-order valence-electron chi connectivity index (χ0n) is 19.9. The van der Waals surface area contributed by atoms with E-state index in [1.807, 2.05) is 29.2 Å². The third-order valence-electron chi connectivity index (χ3n) is 6.91. The molecule has 35 heavy (non-hydrogen) atoms. The minimum atomic E-state index is -4.41. The van der Waals surface area contributed by atoms with Crippen LogP contribution in [-0.2, 0) is 5.41 Å². The molecule has 0 N–H and O–H groups in total. The Balaban J connectivity index is 1.55. The predicted molar refractivity (Wildman–Crippen MR) is 127 cm³/mol. The van der Waals surface area contributed by atoms with Crippen LogP contribution in [-0.4, -0.2) is 63.7 Å². The lowest BCUT2D eigenvalue weighted by atomic mass is 10.0. The first-order valence-electron chi connectivity index (χ1n) is 11.4. The van der Waals surface area contributed by atoms with E-state index in [9.17, 15) is 13.2 Å². The standard InChI is InChI=1S/C25H27F3N4O3/c1-33-19-7-5-4-6-18(19)31-10-12-32(13-11-31)22-16-14-20(34-2)21(35-3)15-17(16)29-23(30-22)24(8-9-24)25(26,27)28/h4-7,14-15H,8-13H2,1-3H3. The first kappa shape index (κ1) is 23.3. The van der Waals surface area contributed by atoms with Gasteiger partial charge in [-0.15, -0.1) is 0 Å². The quantitative estimate of drug-likeness (QED) is 0.504. The molecule has 0 bridgehead atoms. The first-order valence-corrected chi connectivity index (χ1v) is 11.4. The number of benzene rings is 2. The smallest absolute Gasteiger partial charge is 0.401 e. The number of aromatic nitrogens is 2. The number of hydrogen-bond acceptors (Lipinski definition) is 7. The van der Waals surface area contributed by atoms with Crippen LogP contribution in [0.5, 0.6) is 17.2 Å². The van der Waals surface area contributed by atoms with Crippen LogP contribution in [0.2, 0.25) is 0 Å². The van der Waals surface area contributed by atoms with E-state index >= 15 is 0 Å². The van der Waals surface area contributed by atoms with E-state index in [2.05, 4.69) is 14.9 Å². The summed E-state index contributed by atoms with van der Waals surface area (Å²) in [6, 6.07) is 11.2. The van der Waals surface area contributed by atoms with Gasteiger partial charge >= 0.3 is 6.18 Å². The van der Waals surface area contributed by atoms with Crippen LogP contribution in [0, 0.1) is 0 Å². The molecule has 10 heteroatoms. The van der Waals surface area contributed by atoms with Crippen molar-refractivity contribution >= 4 is 22.4 Å². The van der Waals surface area contributed by atoms with Crippen molar-refractivity contribution in [2.24, 2.45) is 0 Å². The Bertz CT molecular complexity index is 1240. The number of methoxy groups -OCH3 is 3. The number of anilines is 2. The Hall–Kier alpha value is -3.43. The van der Waals surface area contributed by atoms with Crippen molar-refractivity contribution in [3.63, 3.8) is 0 Å². The lowest BCUT2D eigenvalue weighted by molar-refractivity contribution is -0.162. The number of alkyl halides is 3. The fourth-order valence-corrected chi connectivity index (χ4v) is 4.70. The van der Waals surface area contributed by atoms with Crippen molar-refractivity contribution in [1.82, 2.24) is 9.97 Å². The first-order chi connectivity index (χ1) is 16.8. The number of fused-ring (bicyclic) bond motifs is 1. The average Bonchev–Trinajstić information content (AvgIpc) is 3.70. The molecular formula is C25H27F3N4O3. The molecule has 0 amide bonds. The van der Waals surface area contributed by atoms with Gasteiger partial charge in [0, 0.05) is 37.6 Å². The Kier molecular flexibility index (Phi) is 5.77. The van der Waals surface area contributed by atoms with Gasteiger partial charge in [-0.05, 0) is 31.0 Å². The highest BCUT2D eigenvalue weighted by Crippen LogP contribution is 2.58. The molecule has 0 radical (unpaired) electrons. The van der Waals surface area contributed by atoms with Gasteiger partial charge in [-0.3, -0.25) is 0 Å². The lowest BCUT2D eigenvalue weighted by Gasteiger charge is -2.37. The third kappa shape index (κ3) is 3.94. The number of rotatable bonds is 6. The van der Waals surface area contributed by atoms with Gasteiger partial charge in [-0.25, -0.2) is 9.97 Å². The van der Waals surface area contributed by atoms with Gasteiger partial charge < -0.3 is 24.0 Å². The Morgan fingerprint density at radius 3 is 2.00 bits per heavy atom. The van der Waals surface area contributed by atoms with Crippen molar-refractivity contribution in [3.8, 4) is 17.2 Å². The number of nitrogens with zero attached hydrogens (tertiary/aromatic N) is 4. The molecule has 2 aromatic carbocycles. The second-order valence-electron chi connectivity index (χ2n) is 8.82. The Morgan fingerprint density at radius 2 is 1.40 bits per heavy atom. The highest BCUT2D eigenvalue weighted by molar-refractivity contribution is 5.92. The normalized spacial score (nSPS) is 17.4. The van der Waals surface area contributed by atoms with Crippen LogP contribution >= 0.6 is 0 Å². The largest absolute Gasteiger partial charge is 0.495 e. The van der Waals surface area contributed by atoms with E-state index in [1.54, 1.807) is 19.2 Å². The molecule has 1 aliphatic carbocycles.